The Hall–Kier alpha value is -1.95. The summed E-state index contributed by atoms with van der Waals surface area (Å²) in [7, 11) is 0. The lowest BCUT2D eigenvalue weighted by Crippen LogP contribution is -2.23. The van der Waals surface area contributed by atoms with Crippen molar-refractivity contribution in [3.05, 3.63) is 59.6 Å². The van der Waals surface area contributed by atoms with Gasteiger partial charge in [0.2, 0.25) is 0 Å². The van der Waals surface area contributed by atoms with E-state index in [4.69, 9.17) is 5.10 Å². The Bertz CT molecular complexity index is 705. The lowest BCUT2D eigenvalue weighted by Gasteiger charge is -2.06. The van der Waals surface area contributed by atoms with Crippen LogP contribution in [-0.2, 0) is 6.54 Å². The number of thiophene rings is 1. The molecule has 3 rings (SSSR count). The second kappa shape index (κ2) is 6.87. The quantitative estimate of drug-likeness (QED) is 0.735. The molecule has 2 N–H and O–H groups in total. The summed E-state index contributed by atoms with van der Waals surface area (Å²) in [6, 6.07) is 14.2. The number of hydrogen-bond donors (Lipinski definition) is 2. The van der Waals surface area contributed by atoms with Gasteiger partial charge in [0.25, 0.3) is 0 Å². The highest BCUT2D eigenvalue weighted by molar-refractivity contribution is 7.13. The van der Waals surface area contributed by atoms with E-state index in [0.29, 0.717) is 13.1 Å². The van der Waals surface area contributed by atoms with Gasteiger partial charge in [-0.2, -0.15) is 5.10 Å². The minimum atomic E-state index is -0.352. The van der Waals surface area contributed by atoms with E-state index in [2.05, 4.69) is 23.0 Å². The van der Waals surface area contributed by atoms with Crippen molar-refractivity contribution in [1.82, 2.24) is 15.1 Å². The summed E-state index contributed by atoms with van der Waals surface area (Å²) >= 11 is 1.69. The van der Waals surface area contributed by atoms with Crippen LogP contribution in [0.3, 0.4) is 0 Å². The molecule has 2 aromatic heterocycles. The van der Waals surface area contributed by atoms with E-state index in [0.717, 1.165) is 21.8 Å². The number of aliphatic hydroxyl groups excluding tert-OH is 1. The summed E-state index contributed by atoms with van der Waals surface area (Å²) < 4.78 is 1.91. The molecule has 2 heterocycles. The maximum atomic E-state index is 9.39. The number of nitrogens with one attached hydrogen (secondary N) is 1. The summed E-state index contributed by atoms with van der Waals surface area (Å²) in [5.74, 6) is 0. The van der Waals surface area contributed by atoms with E-state index in [1.54, 1.807) is 18.3 Å². The number of para-hydroxylation sites is 1. The molecular weight excluding hydrogens is 294 g/mol. The van der Waals surface area contributed by atoms with Crippen LogP contribution in [0.4, 0.5) is 0 Å². The van der Waals surface area contributed by atoms with E-state index in [1.165, 1.54) is 0 Å². The van der Waals surface area contributed by atoms with Crippen LogP contribution in [0.5, 0.6) is 0 Å². The molecule has 5 heteroatoms. The summed E-state index contributed by atoms with van der Waals surface area (Å²) in [5.41, 5.74) is 3.17. The fourth-order valence-corrected chi connectivity index (χ4v) is 3.03. The van der Waals surface area contributed by atoms with Crippen LogP contribution in [0.25, 0.3) is 16.3 Å². The molecule has 1 atom stereocenters. The third-order valence-corrected chi connectivity index (χ3v) is 4.20. The minimum Gasteiger partial charge on any atom is -0.392 e. The first-order chi connectivity index (χ1) is 10.7. The smallest absolute Gasteiger partial charge is 0.107 e. The summed E-state index contributed by atoms with van der Waals surface area (Å²) in [4.78, 5) is 1.16. The Kier molecular flexibility index (Phi) is 4.68. The minimum absolute atomic E-state index is 0.352. The summed E-state index contributed by atoms with van der Waals surface area (Å²) in [6.45, 7) is 3.03. The maximum absolute atomic E-state index is 9.39. The Morgan fingerprint density at radius 2 is 2.05 bits per heavy atom. The van der Waals surface area contributed by atoms with Crippen LogP contribution in [0, 0.1) is 0 Å². The topological polar surface area (TPSA) is 50.1 Å². The zero-order valence-corrected chi connectivity index (χ0v) is 13.3. The fourth-order valence-electron chi connectivity index (χ4n) is 2.29. The molecule has 0 saturated heterocycles. The molecule has 22 heavy (non-hydrogen) atoms. The number of hydrogen-bond acceptors (Lipinski definition) is 4. The molecule has 0 aliphatic carbocycles. The Morgan fingerprint density at radius 3 is 2.73 bits per heavy atom. The molecule has 0 saturated carbocycles. The van der Waals surface area contributed by atoms with Crippen molar-refractivity contribution in [2.24, 2.45) is 0 Å². The van der Waals surface area contributed by atoms with Crippen molar-refractivity contribution in [1.29, 1.82) is 0 Å². The monoisotopic (exact) mass is 313 g/mol. The first-order valence-electron chi connectivity index (χ1n) is 7.30. The molecule has 0 fully saturated rings. The Balaban J connectivity index is 1.91. The number of rotatable bonds is 6. The van der Waals surface area contributed by atoms with Crippen molar-refractivity contribution < 1.29 is 5.11 Å². The molecule has 114 valence electrons. The van der Waals surface area contributed by atoms with Gasteiger partial charge in [-0.15, -0.1) is 11.3 Å². The summed E-state index contributed by atoms with van der Waals surface area (Å²) in [6.07, 6.45) is 1.70. The van der Waals surface area contributed by atoms with E-state index in [1.807, 2.05) is 41.1 Å². The number of benzene rings is 1. The van der Waals surface area contributed by atoms with Gasteiger partial charge in [0.05, 0.1) is 16.7 Å². The first-order valence-corrected chi connectivity index (χ1v) is 8.18. The molecule has 3 aromatic rings. The average Bonchev–Trinajstić information content (AvgIpc) is 3.16. The van der Waals surface area contributed by atoms with Gasteiger partial charge in [-0.3, -0.25) is 0 Å². The van der Waals surface area contributed by atoms with E-state index >= 15 is 0 Å². The highest BCUT2D eigenvalue weighted by Crippen LogP contribution is 2.27. The van der Waals surface area contributed by atoms with Gasteiger partial charge in [-0.25, -0.2) is 4.68 Å². The van der Waals surface area contributed by atoms with Crippen molar-refractivity contribution >= 4 is 11.3 Å². The third-order valence-electron chi connectivity index (χ3n) is 3.32. The first kappa shape index (κ1) is 15.0. The molecule has 0 spiro atoms. The third kappa shape index (κ3) is 3.44. The second-order valence-corrected chi connectivity index (χ2v) is 6.19. The molecule has 1 aromatic carbocycles. The zero-order valence-electron chi connectivity index (χ0n) is 12.4. The van der Waals surface area contributed by atoms with Gasteiger partial charge >= 0.3 is 0 Å². The zero-order chi connectivity index (χ0) is 15.4. The molecule has 0 amide bonds. The second-order valence-electron chi connectivity index (χ2n) is 5.24. The lowest BCUT2D eigenvalue weighted by atomic mass is 10.2. The number of nitrogens with zero attached hydrogens (tertiary/aromatic N) is 2. The Labute approximate surface area is 134 Å². The lowest BCUT2D eigenvalue weighted by molar-refractivity contribution is 0.191. The molecular formula is C17H19N3OS. The van der Waals surface area contributed by atoms with Gasteiger partial charge in [-0.05, 0) is 30.5 Å². The number of aromatic nitrogens is 2. The predicted octanol–water partition coefficient (Wildman–Crippen LogP) is 3.07. The van der Waals surface area contributed by atoms with Crippen LogP contribution in [0.1, 0.15) is 12.5 Å². The van der Waals surface area contributed by atoms with E-state index in [-0.39, 0.29) is 6.10 Å². The van der Waals surface area contributed by atoms with Crippen molar-refractivity contribution in [3.8, 4) is 16.3 Å². The van der Waals surface area contributed by atoms with Crippen molar-refractivity contribution in [3.63, 3.8) is 0 Å². The molecule has 0 radical (unpaired) electrons. The SMILES string of the molecule is C[C@H](O)CNCc1cn(-c2ccccc2)nc1-c1cccs1. The van der Waals surface area contributed by atoms with Crippen LogP contribution in [0.2, 0.25) is 0 Å². The largest absolute Gasteiger partial charge is 0.392 e. The molecule has 0 bridgehead atoms. The van der Waals surface area contributed by atoms with Crippen LogP contribution < -0.4 is 5.32 Å². The van der Waals surface area contributed by atoms with Gasteiger partial charge in [-0.1, -0.05) is 24.3 Å². The van der Waals surface area contributed by atoms with Crippen molar-refractivity contribution in [2.75, 3.05) is 6.54 Å². The van der Waals surface area contributed by atoms with Crippen LogP contribution >= 0.6 is 11.3 Å². The molecule has 0 aliphatic heterocycles. The molecule has 0 aliphatic rings. The Morgan fingerprint density at radius 1 is 1.23 bits per heavy atom. The van der Waals surface area contributed by atoms with E-state index in [9.17, 15) is 5.11 Å². The highest BCUT2D eigenvalue weighted by atomic mass is 32.1. The normalized spacial score (nSPS) is 12.5. The predicted molar refractivity (Wildman–Crippen MR) is 90.3 cm³/mol. The van der Waals surface area contributed by atoms with Crippen LogP contribution in [-0.4, -0.2) is 27.5 Å². The van der Waals surface area contributed by atoms with Gasteiger partial charge in [0.1, 0.15) is 5.69 Å². The van der Waals surface area contributed by atoms with Crippen molar-refractivity contribution in [2.45, 2.75) is 19.6 Å². The molecule has 4 nitrogen and oxygen atoms in total. The van der Waals surface area contributed by atoms with Crippen LogP contribution in [0.15, 0.2) is 54.0 Å². The van der Waals surface area contributed by atoms with Gasteiger partial charge < -0.3 is 10.4 Å². The number of aliphatic hydroxyl groups is 1. The highest BCUT2D eigenvalue weighted by Gasteiger charge is 2.13. The summed E-state index contributed by atoms with van der Waals surface area (Å²) in [5, 5.41) is 19.5. The average molecular weight is 313 g/mol. The van der Waals surface area contributed by atoms with Gasteiger partial charge in [0.15, 0.2) is 0 Å². The van der Waals surface area contributed by atoms with Gasteiger partial charge in [0, 0.05) is 24.8 Å². The van der Waals surface area contributed by atoms with E-state index < -0.39 is 0 Å². The maximum Gasteiger partial charge on any atom is 0.107 e. The standard InChI is InChI=1S/C17H19N3OS/c1-13(21)10-18-11-14-12-20(15-6-3-2-4-7-15)19-17(14)16-8-5-9-22-16/h2-9,12-13,18,21H,10-11H2,1H3/t13-/m0/s1. The molecule has 0 unspecified atom stereocenters. The fraction of sp³-hybridized carbons (Fsp3) is 0.235.